The van der Waals surface area contributed by atoms with Crippen LogP contribution in [0.15, 0.2) is 52.6 Å². The number of allylic oxidation sites excluding steroid dienone is 1. The maximum Gasteiger partial charge on any atom is 0.232 e. The molecule has 1 aromatic heterocycles. The van der Waals surface area contributed by atoms with Crippen LogP contribution < -0.4 is 9.47 Å². The van der Waals surface area contributed by atoms with Crippen LogP contribution in [0.1, 0.15) is 33.0 Å². The Labute approximate surface area is 189 Å². The molecule has 3 aromatic rings. The highest BCUT2D eigenvalue weighted by Crippen LogP contribution is 2.42. The second-order valence-electron chi connectivity index (χ2n) is 7.62. The first-order valence-corrected chi connectivity index (χ1v) is 10.7. The van der Waals surface area contributed by atoms with Crippen LogP contribution in [0, 0.1) is 6.92 Å². The molecule has 0 aliphatic carbocycles. The molecule has 0 atom stereocenters. The number of furan rings is 1. The van der Waals surface area contributed by atoms with Gasteiger partial charge in [0.25, 0.3) is 0 Å². The minimum atomic E-state index is -0.156. The Bertz CT molecular complexity index is 1210. The molecular weight excluding hydrogens is 437 g/mol. The third kappa shape index (κ3) is 3.97. The van der Waals surface area contributed by atoms with Crippen LogP contribution in [-0.4, -0.2) is 24.0 Å². The smallest absolute Gasteiger partial charge is 0.232 e. The zero-order valence-corrected chi connectivity index (χ0v) is 18.3. The lowest BCUT2D eigenvalue weighted by Gasteiger charge is -2.29. The minimum absolute atomic E-state index is 0.156. The molecule has 0 unspecified atom stereocenters. The Hall–Kier alpha value is -2.73. The molecule has 2 aliphatic rings. The molecule has 0 radical (unpaired) electrons. The quantitative estimate of drug-likeness (QED) is 0.458. The predicted octanol–water partition coefficient (Wildman–Crippen LogP) is 5.91. The summed E-state index contributed by atoms with van der Waals surface area (Å²) in [6.45, 7) is 3.67. The van der Waals surface area contributed by atoms with Crippen molar-refractivity contribution in [1.29, 1.82) is 0 Å². The first-order chi connectivity index (χ1) is 15.0. The van der Waals surface area contributed by atoms with Gasteiger partial charge in [0, 0.05) is 29.2 Å². The molecule has 0 fully saturated rings. The van der Waals surface area contributed by atoms with Gasteiger partial charge in [0.05, 0.1) is 11.1 Å². The second-order valence-corrected chi connectivity index (χ2v) is 8.46. The van der Waals surface area contributed by atoms with Crippen LogP contribution in [0.5, 0.6) is 11.5 Å². The van der Waals surface area contributed by atoms with Gasteiger partial charge in [0.1, 0.15) is 29.8 Å². The van der Waals surface area contributed by atoms with Crippen LogP contribution in [0.3, 0.4) is 0 Å². The van der Waals surface area contributed by atoms with E-state index in [1.165, 1.54) is 0 Å². The van der Waals surface area contributed by atoms with Gasteiger partial charge in [-0.3, -0.25) is 9.69 Å². The lowest BCUT2D eigenvalue weighted by atomic mass is 10.0. The number of fused-ring (bicyclic) bond motifs is 3. The third-order valence-electron chi connectivity index (χ3n) is 5.43. The zero-order chi connectivity index (χ0) is 21.5. The molecule has 5 nitrogen and oxygen atoms in total. The number of ketones is 1. The normalized spacial score (nSPS) is 16.7. The number of carbonyl (C=O) groups excluding carboxylic acids is 1. The Balaban J connectivity index is 1.35. The average molecular weight is 456 g/mol. The molecule has 0 amide bonds. The van der Waals surface area contributed by atoms with Gasteiger partial charge < -0.3 is 13.9 Å². The molecule has 158 valence electrons. The topological polar surface area (TPSA) is 51.9 Å². The van der Waals surface area contributed by atoms with Crippen molar-refractivity contribution in [1.82, 2.24) is 4.90 Å². The summed E-state index contributed by atoms with van der Waals surface area (Å²) in [4.78, 5) is 15.0. The fourth-order valence-corrected chi connectivity index (χ4v) is 4.31. The highest BCUT2D eigenvalue weighted by molar-refractivity contribution is 6.35. The summed E-state index contributed by atoms with van der Waals surface area (Å²) in [5, 5.41) is 1.28. The van der Waals surface area contributed by atoms with E-state index in [1.54, 1.807) is 18.2 Å². The van der Waals surface area contributed by atoms with E-state index in [-0.39, 0.29) is 11.5 Å². The van der Waals surface area contributed by atoms with Gasteiger partial charge in [-0.1, -0.05) is 29.3 Å². The minimum Gasteiger partial charge on any atom is -0.478 e. The Kier molecular flexibility index (Phi) is 5.26. The number of hydrogen-bond donors (Lipinski definition) is 0. The number of hydrogen-bond acceptors (Lipinski definition) is 5. The van der Waals surface area contributed by atoms with Gasteiger partial charge in [-0.25, -0.2) is 0 Å². The van der Waals surface area contributed by atoms with Crippen LogP contribution in [0.4, 0.5) is 0 Å². The van der Waals surface area contributed by atoms with E-state index in [0.29, 0.717) is 40.4 Å². The molecule has 3 heterocycles. The summed E-state index contributed by atoms with van der Waals surface area (Å²) in [6, 6.07) is 12.8. The van der Waals surface area contributed by atoms with E-state index in [4.69, 9.17) is 37.1 Å². The van der Waals surface area contributed by atoms with Crippen molar-refractivity contribution in [3.05, 3.63) is 86.5 Å². The summed E-state index contributed by atoms with van der Waals surface area (Å²) in [5.41, 5.74) is 2.44. The van der Waals surface area contributed by atoms with E-state index < -0.39 is 0 Å². The monoisotopic (exact) mass is 455 g/mol. The van der Waals surface area contributed by atoms with E-state index >= 15 is 0 Å². The van der Waals surface area contributed by atoms with Crippen LogP contribution in [0.25, 0.3) is 6.08 Å². The highest BCUT2D eigenvalue weighted by atomic mass is 35.5. The maximum absolute atomic E-state index is 12.8. The number of Topliss-reactive ketones (excluding diaryl/α,β-unsaturated/α-hetero) is 1. The van der Waals surface area contributed by atoms with Crippen LogP contribution >= 0.6 is 23.2 Å². The van der Waals surface area contributed by atoms with E-state index in [9.17, 15) is 4.79 Å². The Morgan fingerprint density at radius 2 is 2.00 bits per heavy atom. The van der Waals surface area contributed by atoms with Gasteiger partial charge in [-0.05, 0) is 55.3 Å². The molecule has 5 rings (SSSR count). The lowest BCUT2D eigenvalue weighted by Crippen LogP contribution is -2.33. The van der Waals surface area contributed by atoms with E-state index in [2.05, 4.69) is 4.90 Å². The summed E-state index contributed by atoms with van der Waals surface area (Å²) >= 11 is 12.3. The molecule has 2 aliphatic heterocycles. The molecular formula is C24H19Cl2NO4. The molecule has 0 saturated carbocycles. The Morgan fingerprint density at radius 1 is 1.13 bits per heavy atom. The first kappa shape index (κ1) is 20.2. The van der Waals surface area contributed by atoms with E-state index in [0.717, 1.165) is 35.6 Å². The van der Waals surface area contributed by atoms with Gasteiger partial charge in [0.2, 0.25) is 5.78 Å². The van der Waals surface area contributed by atoms with E-state index in [1.807, 2.05) is 37.3 Å². The predicted molar refractivity (Wildman–Crippen MR) is 119 cm³/mol. The second kappa shape index (κ2) is 8.08. The zero-order valence-electron chi connectivity index (χ0n) is 16.8. The van der Waals surface area contributed by atoms with Crippen molar-refractivity contribution in [2.45, 2.75) is 19.9 Å². The van der Waals surface area contributed by atoms with Crippen LogP contribution in [0.2, 0.25) is 10.0 Å². The number of carbonyl (C=O) groups is 1. The number of ether oxygens (including phenoxy) is 2. The van der Waals surface area contributed by atoms with Gasteiger partial charge in [-0.15, -0.1) is 0 Å². The molecule has 31 heavy (non-hydrogen) atoms. The first-order valence-electron chi connectivity index (χ1n) is 9.93. The van der Waals surface area contributed by atoms with Gasteiger partial charge in [-0.2, -0.15) is 0 Å². The van der Waals surface area contributed by atoms with Crippen LogP contribution in [-0.2, 0) is 13.0 Å². The summed E-state index contributed by atoms with van der Waals surface area (Å²) in [5.74, 6) is 2.76. The van der Waals surface area contributed by atoms with Crippen molar-refractivity contribution in [3.63, 3.8) is 0 Å². The van der Waals surface area contributed by atoms with Crippen molar-refractivity contribution in [2.75, 3.05) is 13.3 Å². The number of halogens is 2. The fourth-order valence-electron chi connectivity index (χ4n) is 3.81. The van der Waals surface area contributed by atoms with Gasteiger partial charge in [0.15, 0.2) is 5.76 Å². The number of rotatable bonds is 4. The Morgan fingerprint density at radius 3 is 2.77 bits per heavy atom. The molecule has 0 saturated heterocycles. The molecule has 0 N–H and O–H groups in total. The summed E-state index contributed by atoms with van der Waals surface area (Å²) in [6.07, 6.45) is 2.39. The van der Waals surface area contributed by atoms with Crippen molar-refractivity contribution in [2.24, 2.45) is 0 Å². The average Bonchev–Trinajstić information content (AvgIpc) is 3.30. The van der Waals surface area contributed by atoms with Crippen molar-refractivity contribution in [3.8, 4) is 11.5 Å². The molecule has 0 spiro atoms. The number of benzene rings is 2. The molecule has 7 heteroatoms. The standard InChI is InChI=1S/C24H19Cl2NO4/c1-14-2-5-17(30-14)11-22-23(28)18-6-7-21-19(24(18)31-22)12-27(13-29-21)9-8-15-3-4-16(25)10-20(15)26/h2-7,10-11H,8-9,12-13H2,1H3/b22-11-. The number of nitrogens with zero attached hydrogens (tertiary/aromatic N) is 1. The molecule has 0 bridgehead atoms. The largest absolute Gasteiger partial charge is 0.478 e. The SMILES string of the molecule is Cc1ccc(/C=C2\Oc3c(ccc4c3CN(CCc3ccc(Cl)cc3Cl)CO4)C2=O)o1. The highest BCUT2D eigenvalue weighted by Gasteiger charge is 2.33. The van der Waals surface area contributed by atoms with Gasteiger partial charge >= 0.3 is 0 Å². The van der Waals surface area contributed by atoms with Crippen molar-refractivity contribution < 1.29 is 18.7 Å². The number of aryl methyl sites for hydroxylation is 1. The fraction of sp³-hybridized carbons (Fsp3) is 0.208. The summed E-state index contributed by atoms with van der Waals surface area (Å²) < 4.78 is 17.5. The van der Waals surface area contributed by atoms with Crippen molar-refractivity contribution >= 4 is 35.1 Å². The maximum atomic E-state index is 12.8. The lowest BCUT2D eigenvalue weighted by molar-refractivity contribution is 0.0950. The third-order valence-corrected chi connectivity index (χ3v) is 6.02. The molecule has 2 aromatic carbocycles. The summed E-state index contributed by atoms with van der Waals surface area (Å²) in [7, 11) is 0.